The Morgan fingerprint density at radius 1 is 0.976 bits per heavy atom. The Morgan fingerprint density at radius 2 is 1.71 bits per heavy atom. The smallest absolute Gasteiger partial charge is 0.308 e. The van der Waals surface area contributed by atoms with Crippen molar-refractivity contribution in [1.82, 2.24) is 19.3 Å². The van der Waals surface area contributed by atoms with Crippen molar-refractivity contribution < 1.29 is 14.3 Å². The Balaban J connectivity index is 1.41. The van der Waals surface area contributed by atoms with Crippen LogP contribution in [-0.2, 0) is 16.1 Å². The lowest BCUT2D eigenvalue weighted by Gasteiger charge is -2.35. The molecule has 0 radical (unpaired) electrons. The van der Waals surface area contributed by atoms with E-state index < -0.39 is 0 Å². The second kappa shape index (κ2) is 12.6. The van der Waals surface area contributed by atoms with E-state index in [1.54, 1.807) is 43.1 Å². The van der Waals surface area contributed by atoms with E-state index in [1.165, 1.54) is 4.57 Å². The minimum absolute atomic E-state index is 0.0473. The molecule has 2 heterocycles. The van der Waals surface area contributed by atoms with Crippen molar-refractivity contribution in [2.24, 2.45) is 0 Å². The summed E-state index contributed by atoms with van der Waals surface area (Å²) in [5.74, 6) is -0.210. The van der Waals surface area contributed by atoms with Crippen LogP contribution < -0.4 is 4.87 Å². The molecule has 0 N–H and O–H groups in total. The standard InChI is InChI=1S/C31H33ClN4O4S/c1-33(2)30(38)24-6-4-5-23(17-24)21-7-9-22(10-8-21)27(19-35-13-15-40-16-14-35)34(3)29(37)20-36-26-18-25(32)11-12-28(26)41-31(36)39/h4-12,17-18,27H,13-16,19-20H2,1-3H3. The average Bonchev–Trinajstić information content (AvgIpc) is 3.29. The molecule has 1 atom stereocenters. The first-order valence-electron chi connectivity index (χ1n) is 13.5. The lowest BCUT2D eigenvalue weighted by Crippen LogP contribution is -2.44. The highest BCUT2D eigenvalue weighted by Gasteiger charge is 2.26. The van der Waals surface area contributed by atoms with Crippen LogP contribution in [0.3, 0.4) is 0 Å². The van der Waals surface area contributed by atoms with Crippen LogP contribution in [0.1, 0.15) is 22.0 Å². The molecule has 0 bridgehead atoms. The monoisotopic (exact) mass is 592 g/mol. The van der Waals surface area contributed by atoms with E-state index in [9.17, 15) is 14.4 Å². The van der Waals surface area contributed by atoms with Gasteiger partial charge in [-0.3, -0.25) is 23.9 Å². The molecule has 1 unspecified atom stereocenters. The highest BCUT2D eigenvalue weighted by Crippen LogP contribution is 2.28. The largest absolute Gasteiger partial charge is 0.379 e. The number of halogens is 1. The number of amides is 2. The molecular formula is C31H33ClN4O4S. The fourth-order valence-corrected chi connectivity index (χ4v) is 6.11. The Morgan fingerprint density at radius 3 is 2.41 bits per heavy atom. The van der Waals surface area contributed by atoms with Crippen LogP contribution in [0.4, 0.5) is 0 Å². The molecule has 4 aromatic rings. The number of morpholine rings is 1. The third-order valence-electron chi connectivity index (χ3n) is 7.46. The van der Waals surface area contributed by atoms with Gasteiger partial charge in [0, 0.05) is 51.4 Å². The van der Waals surface area contributed by atoms with Crippen LogP contribution in [-0.4, -0.2) is 85.1 Å². The van der Waals surface area contributed by atoms with Crippen molar-refractivity contribution >= 4 is 45.0 Å². The number of benzene rings is 3. The highest BCUT2D eigenvalue weighted by molar-refractivity contribution is 7.16. The summed E-state index contributed by atoms with van der Waals surface area (Å²) in [5.41, 5.74) is 4.21. The van der Waals surface area contributed by atoms with Gasteiger partial charge in [-0.15, -0.1) is 0 Å². The summed E-state index contributed by atoms with van der Waals surface area (Å²) in [6.45, 7) is 3.46. The number of thiazole rings is 1. The van der Waals surface area contributed by atoms with Crippen LogP contribution in [0.25, 0.3) is 21.3 Å². The molecule has 1 fully saturated rings. The Bertz CT molecular complexity index is 1610. The van der Waals surface area contributed by atoms with Crippen LogP contribution in [0.2, 0.25) is 5.02 Å². The third kappa shape index (κ3) is 6.54. The molecule has 0 spiro atoms. The minimum Gasteiger partial charge on any atom is -0.379 e. The van der Waals surface area contributed by atoms with Gasteiger partial charge in [0.15, 0.2) is 0 Å². The van der Waals surface area contributed by atoms with Crippen molar-refractivity contribution in [3.8, 4) is 11.1 Å². The molecule has 8 nitrogen and oxygen atoms in total. The first-order chi connectivity index (χ1) is 19.7. The van der Waals surface area contributed by atoms with E-state index in [2.05, 4.69) is 4.90 Å². The van der Waals surface area contributed by atoms with Gasteiger partial charge in [-0.25, -0.2) is 0 Å². The minimum atomic E-state index is -0.236. The zero-order valence-electron chi connectivity index (χ0n) is 23.4. The highest BCUT2D eigenvalue weighted by atomic mass is 35.5. The van der Waals surface area contributed by atoms with E-state index in [-0.39, 0.29) is 29.3 Å². The second-order valence-electron chi connectivity index (χ2n) is 10.4. The van der Waals surface area contributed by atoms with Crippen molar-refractivity contribution in [1.29, 1.82) is 0 Å². The topological polar surface area (TPSA) is 75.1 Å². The molecule has 1 aromatic heterocycles. The van der Waals surface area contributed by atoms with Gasteiger partial charge < -0.3 is 14.5 Å². The number of aromatic nitrogens is 1. The van der Waals surface area contributed by atoms with Crippen molar-refractivity contribution in [2.75, 3.05) is 54.0 Å². The number of rotatable bonds is 8. The van der Waals surface area contributed by atoms with Crippen molar-refractivity contribution in [3.05, 3.63) is 92.5 Å². The maximum atomic E-state index is 13.7. The van der Waals surface area contributed by atoms with Crippen LogP contribution in [0.5, 0.6) is 0 Å². The third-order valence-corrected chi connectivity index (χ3v) is 8.66. The van der Waals surface area contributed by atoms with E-state index in [0.29, 0.717) is 35.9 Å². The summed E-state index contributed by atoms with van der Waals surface area (Å²) < 4.78 is 7.84. The fourth-order valence-electron chi connectivity index (χ4n) is 5.07. The molecule has 3 aromatic carbocycles. The van der Waals surface area contributed by atoms with Crippen molar-refractivity contribution in [2.45, 2.75) is 12.6 Å². The van der Waals surface area contributed by atoms with Gasteiger partial charge in [0.05, 0.1) is 29.5 Å². The van der Waals surface area contributed by atoms with Crippen molar-refractivity contribution in [3.63, 3.8) is 0 Å². The number of hydrogen-bond donors (Lipinski definition) is 0. The molecular weight excluding hydrogens is 560 g/mol. The van der Waals surface area contributed by atoms with Crippen LogP contribution in [0.15, 0.2) is 71.5 Å². The SMILES string of the molecule is CN(C)C(=O)c1cccc(-c2ccc(C(CN3CCOCC3)N(C)C(=O)Cn3c(=O)sc4ccc(Cl)cc43)cc2)c1. The summed E-state index contributed by atoms with van der Waals surface area (Å²) in [4.78, 5) is 44.3. The average molecular weight is 593 g/mol. The Kier molecular flexibility index (Phi) is 8.89. The number of fused-ring (bicyclic) bond motifs is 1. The zero-order valence-corrected chi connectivity index (χ0v) is 25.0. The summed E-state index contributed by atoms with van der Waals surface area (Å²) in [6.07, 6.45) is 0. The predicted octanol–water partition coefficient (Wildman–Crippen LogP) is 4.62. The summed E-state index contributed by atoms with van der Waals surface area (Å²) in [7, 11) is 5.27. The quantitative estimate of drug-likeness (QED) is 0.299. The number of carbonyl (C=O) groups excluding carboxylic acids is 2. The molecule has 1 saturated heterocycles. The maximum Gasteiger partial charge on any atom is 0.308 e. The summed E-state index contributed by atoms with van der Waals surface area (Å²) in [6, 6.07) is 20.8. The zero-order chi connectivity index (χ0) is 29.1. The van der Waals surface area contributed by atoms with Gasteiger partial charge in [-0.05, 0) is 47.0 Å². The molecule has 41 heavy (non-hydrogen) atoms. The van der Waals surface area contributed by atoms with Gasteiger partial charge in [0.1, 0.15) is 6.54 Å². The summed E-state index contributed by atoms with van der Waals surface area (Å²) >= 11 is 7.30. The van der Waals surface area contributed by atoms with Gasteiger partial charge in [-0.1, -0.05) is 59.3 Å². The van der Waals surface area contributed by atoms with Crippen LogP contribution >= 0.6 is 22.9 Å². The molecule has 1 aliphatic heterocycles. The van der Waals surface area contributed by atoms with E-state index in [4.69, 9.17) is 16.3 Å². The normalized spacial score (nSPS) is 14.6. The van der Waals surface area contributed by atoms with Crippen LogP contribution in [0, 0.1) is 0 Å². The summed E-state index contributed by atoms with van der Waals surface area (Å²) in [5, 5.41) is 0.520. The lowest BCUT2D eigenvalue weighted by molar-refractivity contribution is -0.133. The molecule has 0 saturated carbocycles. The molecule has 1 aliphatic rings. The number of carbonyl (C=O) groups is 2. The molecule has 10 heteroatoms. The van der Waals surface area contributed by atoms with E-state index >= 15 is 0 Å². The molecule has 5 rings (SSSR count). The maximum absolute atomic E-state index is 13.7. The number of likely N-dealkylation sites (N-methyl/N-ethyl adjacent to an activating group) is 1. The Hall–Kier alpha value is -3.50. The van der Waals surface area contributed by atoms with Gasteiger partial charge >= 0.3 is 4.87 Å². The number of ether oxygens (including phenoxy) is 1. The Labute approximate surface area is 248 Å². The number of nitrogens with zero attached hydrogens (tertiary/aromatic N) is 4. The predicted molar refractivity (Wildman–Crippen MR) is 164 cm³/mol. The van der Waals surface area contributed by atoms with Gasteiger partial charge in [-0.2, -0.15) is 0 Å². The number of hydrogen-bond acceptors (Lipinski definition) is 6. The fraction of sp³-hybridized carbons (Fsp3) is 0.323. The second-order valence-corrected chi connectivity index (χ2v) is 11.8. The first-order valence-corrected chi connectivity index (χ1v) is 14.7. The molecule has 0 aliphatic carbocycles. The first kappa shape index (κ1) is 29.0. The van der Waals surface area contributed by atoms with Gasteiger partial charge in [0.2, 0.25) is 5.91 Å². The van der Waals surface area contributed by atoms with E-state index in [1.807, 2.05) is 54.6 Å². The molecule has 214 valence electrons. The van der Waals surface area contributed by atoms with E-state index in [0.717, 1.165) is 45.8 Å². The van der Waals surface area contributed by atoms with Gasteiger partial charge in [0.25, 0.3) is 5.91 Å². The lowest BCUT2D eigenvalue weighted by atomic mass is 9.98. The molecule has 2 amide bonds.